The second-order valence-electron chi connectivity index (χ2n) is 13.1. The zero-order valence-corrected chi connectivity index (χ0v) is 28.3. The largest absolute Gasteiger partial charge is 0.337 e. The second kappa shape index (κ2) is 13.0. The third-order valence-corrected chi connectivity index (χ3v) is 9.97. The highest BCUT2D eigenvalue weighted by Gasteiger charge is 2.18. The van der Waals surface area contributed by atoms with Gasteiger partial charge in [0.2, 0.25) is 0 Å². The Bertz CT molecular complexity index is 2600. The van der Waals surface area contributed by atoms with Crippen LogP contribution in [0.2, 0.25) is 0 Å². The monoisotopic (exact) mass is 652 g/mol. The van der Waals surface area contributed by atoms with Gasteiger partial charge in [0.05, 0.1) is 11.0 Å². The maximum Gasteiger partial charge on any atom is 0.0541 e. The minimum absolute atomic E-state index is 0.756. The number of fused-ring (bicyclic) bond motifs is 4. The Morgan fingerprint density at radius 2 is 1.04 bits per heavy atom. The molecule has 0 fully saturated rings. The van der Waals surface area contributed by atoms with Gasteiger partial charge in [0, 0.05) is 39.9 Å². The fourth-order valence-corrected chi connectivity index (χ4v) is 7.41. The summed E-state index contributed by atoms with van der Waals surface area (Å²) in [5.41, 5.74) is 15.1. The van der Waals surface area contributed by atoms with Gasteiger partial charge in [-0.1, -0.05) is 146 Å². The lowest BCUT2D eigenvalue weighted by Crippen LogP contribution is -2.18. The van der Waals surface area contributed by atoms with Crippen molar-refractivity contribution in [3.8, 4) is 39.1 Å². The lowest BCUT2D eigenvalue weighted by molar-refractivity contribution is 1.09. The van der Waals surface area contributed by atoms with E-state index in [1.165, 1.54) is 55.2 Å². The van der Waals surface area contributed by atoms with E-state index in [1.807, 2.05) is 0 Å². The van der Waals surface area contributed by atoms with E-state index in [0.717, 1.165) is 34.7 Å². The van der Waals surface area contributed by atoms with Crippen LogP contribution < -0.4 is 4.90 Å². The molecule has 1 aliphatic rings. The molecule has 0 atom stereocenters. The van der Waals surface area contributed by atoms with Crippen molar-refractivity contribution in [2.45, 2.75) is 0 Å². The molecule has 2 heterocycles. The molecule has 1 aromatic heterocycles. The predicted octanol–water partition coefficient (Wildman–Crippen LogP) is 13.1. The summed E-state index contributed by atoms with van der Waals surface area (Å²) in [5.74, 6) is 0. The summed E-state index contributed by atoms with van der Waals surface area (Å²) in [5, 5.41) is 2.48. The highest BCUT2D eigenvalue weighted by atomic mass is 15.1. The molecular weight excluding hydrogens is 617 g/mol. The van der Waals surface area contributed by atoms with Gasteiger partial charge in [0.15, 0.2) is 0 Å². The molecule has 0 amide bonds. The molecule has 1 aliphatic heterocycles. The van der Waals surface area contributed by atoms with Crippen LogP contribution in [0, 0.1) is 0 Å². The zero-order chi connectivity index (χ0) is 34.1. The first kappa shape index (κ1) is 30.4. The van der Waals surface area contributed by atoms with Crippen molar-refractivity contribution in [3.05, 3.63) is 206 Å². The summed E-state index contributed by atoms with van der Waals surface area (Å²) in [6, 6.07) is 61.3. The first-order valence-electron chi connectivity index (χ1n) is 17.5. The van der Waals surface area contributed by atoms with Gasteiger partial charge in [0.1, 0.15) is 0 Å². The quantitative estimate of drug-likeness (QED) is 0.180. The maximum atomic E-state index is 4.52. The van der Waals surface area contributed by atoms with Gasteiger partial charge >= 0.3 is 0 Å². The molecule has 0 bridgehead atoms. The number of hydrogen-bond acceptors (Lipinski definition) is 1. The zero-order valence-electron chi connectivity index (χ0n) is 28.3. The third kappa shape index (κ3) is 5.67. The molecule has 0 saturated heterocycles. The van der Waals surface area contributed by atoms with E-state index in [0.29, 0.717) is 0 Å². The molecule has 2 heteroatoms. The SMILES string of the molecule is C=C1/C=C\C=C/CN(c2ccc(-c3ccccc3)cc2)c2ccc(-c3ccc4c(c3)c3ccccc3n4-c3cccc(-c4ccccc4)c3)cc21. The fraction of sp³-hybridized carbons (Fsp3) is 0.0204. The van der Waals surface area contributed by atoms with E-state index >= 15 is 0 Å². The van der Waals surface area contributed by atoms with Crippen LogP contribution in [0.1, 0.15) is 5.56 Å². The van der Waals surface area contributed by atoms with E-state index in [4.69, 9.17) is 0 Å². The van der Waals surface area contributed by atoms with Gasteiger partial charge in [0.25, 0.3) is 0 Å². The van der Waals surface area contributed by atoms with Crippen molar-refractivity contribution in [3.63, 3.8) is 0 Å². The molecule has 8 aromatic rings. The van der Waals surface area contributed by atoms with Crippen molar-refractivity contribution in [1.82, 2.24) is 4.57 Å². The van der Waals surface area contributed by atoms with Crippen LogP contribution in [0.3, 0.4) is 0 Å². The van der Waals surface area contributed by atoms with Gasteiger partial charge in [-0.25, -0.2) is 0 Å². The minimum Gasteiger partial charge on any atom is -0.337 e. The van der Waals surface area contributed by atoms with E-state index < -0.39 is 0 Å². The molecular formula is C49H36N2. The van der Waals surface area contributed by atoms with E-state index in [2.05, 4.69) is 210 Å². The lowest BCUT2D eigenvalue weighted by Gasteiger charge is -2.27. The van der Waals surface area contributed by atoms with Gasteiger partial charge < -0.3 is 9.47 Å². The van der Waals surface area contributed by atoms with Crippen LogP contribution in [0.25, 0.3) is 66.4 Å². The standard InChI is InChI=1S/C49H36N2/c1-35-14-5-4-12-31-50(42-27-23-38(24-28-42)36-15-6-2-7-16-36)47-29-25-40(33-45(35)47)41-26-30-49-46(34-41)44-21-10-11-22-48(44)51(49)43-20-13-19-39(32-43)37-17-8-3-9-18-37/h2-30,32-34H,1,31H2/b12-4-,14-5-. The Hall–Kier alpha value is -6.64. The van der Waals surface area contributed by atoms with Crippen LogP contribution in [0.5, 0.6) is 0 Å². The van der Waals surface area contributed by atoms with Crippen LogP contribution in [0.15, 0.2) is 201 Å². The number of para-hydroxylation sites is 1. The van der Waals surface area contributed by atoms with Crippen molar-refractivity contribution in [2.75, 3.05) is 11.4 Å². The predicted molar refractivity (Wildman–Crippen MR) is 218 cm³/mol. The normalized spacial score (nSPS) is 14.1. The second-order valence-corrected chi connectivity index (χ2v) is 13.1. The molecule has 7 aromatic carbocycles. The first-order chi connectivity index (χ1) is 25.2. The number of allylic oxidation sites excluding steroid dienone is 4. The Morgan fingerprint density at radius 3 is 1.84 bits per heavy atom. The average Bonchev–Trinajstić information content (AvgIpc) is 3.56. The highest BCUT2D eigenvalue weighted by molar-refractivity contribution is 6.10. The molecule has 9 rings (SSSR count). The third-order valence-electron chi connectivity index (χ3n) is 9.97. The molecule has 0 saturated carbocycles. The Labute approximate surface area is 299 Å². The van der Waals surface area contributed by atoms with Crippen LogP contribution in [-0.2, 0) is 0 Å². The van der Waals surface area contributed by atoms with Gasteiger partial charge in [-0.05, 0) is 93.6 Å². The number of anilines is 2. The minimum atomic E-state index is 0.756. The van der Waals surface area contributed by atoms with E-state index in [-0.39, 0.29) is 0 Å². The molecule has 0 aliphatic carbocycles. The van der Waals surface area contributed by atoms with Crippen molar-refractivity contribution >= 4 is 38.8 Å². The summed E-state index contributed by atoms with van der Waals surface area (Å²) in [4.78, 5) is 2.38. The molecule has 0 N–H and O–H groups in total. The van der Waals surface area contributed by atoms with Crippen LogP contribution in [-0.4, -0.2) is 11.1 Å². The van der Waals surface area contributed by atoms with Crippen LogP contribution >= 0.6 is 0 Å². The van der Waals surface area contributed by atoms with Gasteiger partial charge in [-0.15, -0.1) is 0 Å². The van der Waals surface area contributed by atoms with E-state index in [9.17, 15) is 0 Å². The number of benzene rings is 7. The van der Waals surface area contributed by atoms with Gasteiger partial charge in [-0.3, -0.25) is 0 Å². The maximum absolute atomic E-state index is 4.52. The number of hydrogen-bond donors (Lipinski definition) is 0. The number of rotatable bonds is 5. The Kier molecular flexibility index (Phi) is 7.75. The number of aromatic nitrogens is 1. The van der Waals surface area contributed by atoms with Crippen molar-refractivity contribution in [1.29, 1.82) is 0 Å². The summed E-state index contributed by atoms with van der Waals surface area (Å²) in [6.45, 7) is 5.28. The van der Waals surface area contributed by atoms with Crippen LogP contribution in [0.4, 0.5) is 11.4 Å². The molecule has 51 heavy (non-hydrogen) atoms. The van der Waals surface area contributed by atoms with Crippen molar-refractivity contribution < 1.29 is 0 Å². The summed E-state index contributed by atoms with van der Waals surface area (Å²) >= 11 is 0. The highest BCUT2D eigenvalue weighted by Crippen LogP contribution is 2.40. The smallest absolute Gasteiger partial charge is 0.0541 e. The Balaban J connectivity index is 1.13. The summed E-state index contributed by atoms with van der Waals surface area (Å²) in [6.07, 6.45) is 8.52. The molecule has 0 spiro atoms. The fourth-order valence-electron chi connectivity index (χ4n) is 7.41. The summed E-state index contributed by atoms with van der Waals surface area (Å²) in [7, 11) is 0. The molecule has 2 nitrogen and oxygen atoms in total. The topological polar surface area (TPSA) is 8.17 Å². The Morgan fingerprint density at radius 1 is 0.431 bits per heavy atom. The molecule has 0 unspecified atom stereocenters. The van der Waals surface area contributed by atoms with E-state index in [1.54, 1.807) is 0 Å². The molecule has 242 valence electrons. The lowest BCUT2D eigenvalue weighted by atomic mass is 9.96. The van der Waals surface area contributed by atoms with Crippen molar-refractivity contribution in [2.24, 2.45) is 0 Å². The summed E-state index contributed by atoms with van der Waals surface area (Å²) < 4.78 is 2.39. The number of nitrogens with zero attached hydrogens (tertiary/aromatic N) is 2. The van der Waals surface area contributed by atoms with Gasteiger partial charge in [-0.2, -0.15) is 0 Å². The average molecular weight is 653 g/mol. The molecule has 0 radical (unpaired) electrons. The first-order valence-corrected chi connectivity index (χ1v) is 17.5.